The molecule has 0 aliphatic rings. The van der Waals surface area contributed by atoms with Gasteiger partial charge in [-0.1, -0.05) is 18.5 Å². The lowest BCUT2D eigenvalue weighted by atomic mass is 10.1. The zero-order chi connectivity index (χ0) is 17.0. The topological polar surface area (TPSA) is 74.5 Å². The van der Waals surface area contributed by atoms with Crippen molar-refractivity contribution in [2.45, 2.75) is 39.3 Å². The first-order valence-electron chi connectivity index (χ1n) is 7.76. The first-order valence-corrected chi connectivity index (χ1v) is 8.14. The standard InChI is InChI=1S/C17H23ClN2O3/c1-10(6-11(2)21)9-19-17(22)20-12(3)16-8-13-7-14(18)4-5-15(13)23-16/h4-5,7-8,10-12,21H,6,9H2,1-3H3,(H2,19,20,22). The van der Waals surface area contributed by atoms with Crippen LogP contribution in [0.5, 0.6) is 0 Å². The van der Waals surface area contributed by atoms with Crippen LogP contribution in [0.25, 0.3) is 11.0 Å². The summed E-state index contributed by atoms with van der Waals surface area (Å²) in [6.07, 6.45) is 0.288. The highest BCUT2D eigenvalue weighted by Crippen LogP contribution is 2.26. The lowest BCUT2D eigenvalue weighted by molar-refractivity contribution is 0.163. The molecule has 1 aromatic carbocycles. The maximum Gasteiger partial charge on any atom is 0.315 e. The van der Waals surface area contributed by atoms with E-state index in [1.807, 2.05) is 32.0 Å². The van der Waals surface area contributed by atoms with Crippen LogP contribution in [-0.4, -0.2) is 23.8 Å². The number of hydrogen-bond acceptors (Lipinski definition) is 3. The fraction of sp³-hybridized carbons (Fsp3) is 0.471. The second-order valence-electron chi connectivity index (χ2n) is 6.10. The number of fused-ring (bicyclic) bond motifs is 1. The third-order valence-electron chi connectivity index (χ3n) is 3.63. The third kappa shape index (κ3) is 5.15. The van der Waals surface area contributed by atoms with E-state index < -0.39 is 0 Å². The largest absolute Gasteiger partial charge is 0.459 e. The molecule has 1 aromatic heterocycles. The summed E-state index contributed by atoms with van der Waals surface area (Å²) in [5, 5.41) is 16.5. The summed E-state index contributed by atoms with van der Waals surface area (Å²) >= 11 is 5.96. The number of aliphatic hydroxyl groups is 1. The molecule has 2 aromatic rings. The zero-order valence-electron chi connectivity index (χ0n) is 13.6. The van der Waals surface area contributed by atoms with Crippen molar-refractivity contribution < 1.29 is 14.3 Å². The Labute approximate surface area is 141 Å². The number of nitrogens with one attached hydrogen (secondary N) is 2. The Morgan fingerprint density at radius 1 is 1.30 bits per heavy atom. The summed E-state index contributed by atoms with van der Waals surface area (Å²) in [6.45, 7) is 6.10. The highest BCUT2D eigenvalue weighted by Gasteiger charge is 2.15. The molecule has 2 amide bonds. The normalized spacial score (nSPS) is 15.2. The van der Waals surface area contributed by atoms with E-state index in [-0.39, 0.29) is 24.1 Å². The van der Waals surface area contributed by atoms with Gasteiger partial charge in [-0.2, -0.15) is 0 Å². The fourth-order valence-electron chi connectivity index (χ4n) is 2.50. The summed E-state index contributed by atoms with van der Waals surface area (Å²) in [5.74, 6) is 0.888. The summed E-state index contributed by atoms with van der Waals surface area (Å²) in [7, 11) is 0. The van der Waals surface area contributed by atoms with Crippen LogP contribution in [0, 0.1) is 5.92 Å². The molecule has 0 aliphatic heterocycles. The predicted octanol–water partition coefficient (Wildman–Crippen LogP) is 3.85. The van der Waals surface area contributed by atoms with Gasteiger partial charge in [0.15, 0.2) is 0 Å². The minimum Gasteiger partial charge on any atom is -0.459 e. The van der Waals surface area contributed by atoms with Gasteiger partial charge in [-0.3, -0.25) is 0 Å². The van der Waals surface area contributed by atoms with Crippen LogP contribution in [-0.2, 0) is 0 Å². The van der Waals surface area contributed by atoms with E-state index in [2.05, 4.69) is 10.6 Å². The molecule has 0 saturated carbocycles. The van der Waals surface area contributed by atoms with Crippen molar-refractivity contribution in [3.05, 3.63) is 35.0 Å². The molecule has 1 heterocycles. The molecule has 0 bridgehead atoms. The van der Waals surface area contributed by atoms with Crippen LogP contribution in [0.4, 0.5) is 4.79 Å². The summed E-state index contributed by atoms with van der Waals surface area (Å²) < 4.78 is 5.73. The monoisotopic (exact) mass is 338 g/mol. The minimum absolute atomic E-state index is 0.212. The Morgan fingerprint density at radius 3 is 2.74 bits per heavy atom. The van der Waals surface area contributed by atoms with Crippen molar-refractivity contribution in [3.63, 3.8) is 0 Å². The molecule has 5 nitrogen and oxygen atoms in total. The van der Waals surface area contributed by atoms with E-state index in [0.717, 1.165) is 11.0 Å². The molecular formula is C17H23ClN2O3. The fourth-order valence-corrected chi connectivity index (χ4v) is 2.68. The Kier molecular flexibility index (Phi) is 5.91. The Hall–Kier alpha value is -1.72. The molecule has 0 aliphatic carbocycles. The number of amides is 2. The number of carbonyl (C=O) groups is 1. The van der Waals surface area contributed by atoms with E-state index in [1.165, 1.54) is 0 Å². The molecule has 2 rings (SSSR count). The minimum atomic E-state index is -0.365. The number of benzene rings is 1. The predicted molar refractivity (Wildman–Crippen MR) is 91.6 cm³/mol. The number of halogens is 1. The van der Waals surface area contributed by atoms with Gasteiger partial charge in [0, 0.05) is 17.0 Å². The van der Waals surface area contributed by atoms with Crippen molar-refractivity contribution in [2.24, 2.45) is 5.92 Å². The molecule has 126 valence electrons. The highest BCUT2D eigenvalue weighted by atomic mass is 35.5. The maximum atomic E-state index is 11.9. The molecule has 3 N–H and O–H groups in total. The van der Waals surface area contributed by atoms with Crippen molar-refractivity contribution in [1.82, 2.24) is 10.6 Å². The van der Waals surface area contributed by atoms with Crippen LogP contribution in [0.3, 0.4) is 0 Å². The molecular weight excluding hydrogens is 316 g/mol. The smallest absolute Gasteiger partial charge is 0.315 e. The highest BCUT2D eigenvalue weighted by molar-refractivity contribution is 6.31. The van der Waals surface area contributed by atoms with Crippen LogP contribution in [0.1, 0.15) is 39.0 Å². The zero-order valence-corrected chi connectivity index (χ0v) is 14.4. The summed E-state index contributed by atoms with van der Waals surface area (Å²) in [4.78, 5) is 11.9. The molecule has 0 fully saturated rings. The number of urea groups is 1. The molecule has 3 unspecified atom stereocenters. The summed E-state index contributed by atoms with van der Waals surface area (Å²) in [5.41, 5.74) is 0.740. The average molecular weight is 339 g/mol. The molecule has 0 spiro atoms. The Balaban J connectivity index is 1.89. The maximum absolute atomic E-state index is 11.9. The number of aliphatic hydroxyl groups excluding tert-OH is 1. The van der Waals surface area contributed by atoms with Crippen LogP contribution in [0.2, 0.25) is 5.02 Å². The summed E-state index contributed by atoms with van der Waals surface area (Å²) in [6, 6.07) is 6.77. The van der Waals surface area contributed by atoms with Crippen molar-refractivity contribution in [3.8, 4) is 0 Å². The number of carbonyl (C=O) groups excluding carboxylic acids is 1. The van der Waals surface area contributed by atoms with Gasteiger partial charge in [-0.05, 0) is 50.5 Å². The molecule has 23 heavy (non-hydrogen) atoms. The Morgan fingerprint density at radius 2 is 2.04 bits per heavy atom. The first kappa shape index (κ1) is 17.6. The molecule has 6 heteroatoms. The number of rotatable bonds is 6. The Bertz CT molecular complexity index is 669. The van der Waals surface area contributed by atoms with Gasteiger partial charge in [-0.25, -0.2) is 4.79 Å². The van der Waals surface area contributed by atoms with Crippen molar-refractivity contribution in [2.75, 3.05) is 6.54 Å². The van der Waals surface area contributed by atoms with Crippen LogP contribution in [0.15, 0.2) is 28.7 Å². The van der Waals surface area contributed by atoms with E-state index >= 15 is 0 Å². The van der Waals surface area contributed by atoms with Crippen molar-refractivity contribution >= 4 is 28.6 Å². The number of furan rings is 1. The van der Waals surface area contributed by atoms with Gasteiger partial charge >= 0.3 is 6.03 Å². The second-order valence-corrected chi connectivity index (χ2v) is 6.53. The first-order chi connectivity index (χ1) is 10.8. The number of hydrogen-bond donors (Lipinski definition) is 3. The van der Waals surface area contributed by atoms with Gasteiger partial charge in [0.1, 0.15) is 11.3 Å². The molecule has 0 saturated heterocycles. The van der Waals surface area contributed by atoms with E-state index in [4.69, 9.17) is 16.0 Å². The van der Waals surface area contributed by atoms with Crippen LogP contribution >= 0.6 is 11.6 Å². The SMILES string of the molecule is CC(O)CC(C)CNC(=O)NC(C)c1cc2cc(Cl)ccc2o1. The lowest BCUT2D eigenvalue weighted by Gasteiger charge is -2.16. The second kappa shape index (κ2) is 7.70. The van der Waals surface area contributed by atoms with Gasteiger partial charge in [0.05, 0.1) is 12.1 Å². The average Bonchev–Trinajstić information content (AvgIpc) is 2.87. The van der Waals surface area contributed by atoms with Gasteiger partial charge < -0.3 is 20.2 Å². The van der Waals surface area contributed by atoms with Crippen LogP contribution < -0.4 is 10.6 Å². The van der Waals surface area contributed by atoms with Gasteiger partial charge in [-0.15, -0.1) is 0 Å². The quantitative estimate of drug-likeness (QED) is 0.748. The van der Waals surface area contributed by atoms with E-state index in [1.54, 1.807) is 13.0 Å². The molecule has 3 atom stereocenters. The van der Waals surface area contributed by atoms with Gasteiger partial charge in [0.2, 0.25) is 0 Å². The molecule has 0 radical (unpaired) electrons. The lowest BCUT2D eigenvalue weighted by Crippen LogP contribution is -2.39. The van der Waals surface area contributed by atoms with Crippen molar-refractivity contribution in [1.29, 1.82) is 0 Å². The third-order valence-corrected chi connectivity index (χ3v) is 3.86. The van der Waals surface area contributed by atoms with E-state index in [0.29, 0.717) is 23.7 Å². The van der Waals surface area contributed by atoms with Gasteiger partial charge in [0.25, 0.3) is 0 Å². The van der Waals surface area contributed by atoms with E-state index in [9.17, 15) is 9.90 Å².